The Labute approximate surface area is 162 Å². The number of piperidine rings is 1. The lowest BCUT2D eigenvalue weighted by atomic mass is 9.93. The molecule has 150 valence electrons. The van der Waals surface area contributed by atoms with Gasteiger partial charge in [-0.25, -0.2) is 8.42 Å². The molecule has 3 fully saturated rings. The summed E-state index contributed by atoms with van der Waals surface area (Å²) in [5, 5.41) is 0. The molecule has 3 unspecified atom stereocenters. The lowest BCUT2D eigenvalue weighted by molar-refractivity contribution is -0.0827. The molecular weight excluding hydrogens is 364 g/mol. The van der Waals surface area contributed by atoms with Gasteiger partial charge in [-0.05, 0) is 44.7 Å². The van der Waals surface area contributed by atoms with E-state index in [-0.39, 0.29) is 24.4 Å². The smallest absolute Gasteiger partial charge is 0.243 e. The molecular formula is C20H30N2O4S. The van der Waals surface area contributed by atoms with Gasteiger partial charge in [0, 0.05) is 32.7 Å². The predicted molar refractivity (Wildman–Crippen MR) is 103 cm³/mol. The molecule has 0 aliphatic carbocycles. The summed E-state index contributed by atoms with van der Waals surface area (Å²) >= 11 is 0. The number of benzene rings is 1. The fourth-order valence-corrected chi connectivity index (χ4v) is 6.29. The molecule has 0 bridgehead atoms. The number of ether oxygens (including phenoxy) is 2. The van der Waals surface area contributed by atoms with Gasteiger partial charge in [-0.3, -0.25) is 4.90 Å². The minimum atomic E-state index is -3.43. The van der Waals surface area contributed by atoms with Crippen LogP contribution in [0.1, 0.15) is 26.7 Å². The first kappa shape index (κ1) is 19.3. The summed E-state index contributed by atoms with van der Waals surface area (Å²) in [4.78, 5) is 2.80. The second-order valence-electron chi connectivity index (χ2n) is 8.23. The van der Waals surface area contributed by atoms with E-state index in [1.54, 1.807) is 28.6 Å². The SMILES string of the molecule is CC1CN(CC2C[C@@H]3CCN(S(=O)(=O)c4ccccc4)C[C@@H]3O2)CC(C)O1. The van der Waals surface area contributed by atoms with Crippen LogP contribution in [-0.4, -0.2) is 74.8 Å². The van der Waals surface area contributed by atoms with Gasteiger partial charge in [-0.2, -0.15) is 4.31 Å². The van der Waals surface area contributed by atoms with Crippen molar-refractivity contribution in [3.63, 3.8) is 0 Å². The number of hydrogen-bond donors (Lipinski definition) is 0. The highest BCUT2D eigenvalue weighted by Gasteiger charge is 2.43. The average Bonchev–Trinajstić information content (AvgIpc) is 3.02. The second-order valence-corrected chi connectivity index (χ2v) is 10.2. The van der Waals surface area contributed by atoms with Crippen LogP contribution in [0.4, 0.5) is 0 Å². The van der Waals surface area contributed by atoms with Crippen LogP contribution < -0.4 is 0 Å². The normalized spacial score (nSPS) is 35.9. The van der Waals surface area contributed by atoms with Crippen LogP contribution in [0.15, 0.2) is 35.2 Å². The molecule has 6 nitrogen and oxygen atoms in total. The first-order valence-corrected chi connectivity index (χ1v) is 11.4. The minimum Gasteiger partial charge on any atom is -0.373 e. The Balaban J connectivity index is 1.37. The molecule has 0 saturated carbocycles. The molecule has 27 heavy (non-hydrogen) atoms. The van der Waals surface area contributed by atoms with Gasteiger partial charge in [0.25, 0.3) is 0 Å². The van der Waals surface area contributed by atoms with E-state index in [0.717, 1.165) is 32.5 Å². The fourth-order valence-electron chi connectivity index (χ4n) is 4.80. The van der Waals surface area contributed by atoms with Crippen molar-refractivity contribution in [3.8, 4) is 0 Å². The minimum absolute atomic E-state index is 0.0122. The van der Waals surface area contributed by atoms with Gasteiger partial charge >= 0.3 is 0 Å². The number of morpholine rings is 1. The lowest BCUT2D eigenvalue weighted by Gasteiger charge is -2.36. The zero-order valence-corrected chi connectivity index (χ0v) is 17.0. The summed E-state index contributed by atoms with van der Waals surface area (Å²) in [6.07, 6.45) is 2.62. The molecule has 7 heteroatoms. The Morgan fingerprint density at radius 3 is 2.44 bits per heavy atom. The van der Waals surface area contributed by atoms with Gasteiger partial charge in [-0.15, -0.1) is 0 Å². The summed E-state index contributed by atoms with van der Waals surface area (Å²) in [6.45, 7) is 8.07. The summed E-state index contributed by atoms with van der Waals surface area (Å²) in [7, 11) is -3.43. The van der Waals surface area contributed by atoms with E-state index < -0.39 is 10.0 Å². The first-order chi connectivity index (χ1) is 12.9. The quantitative estimate of drug-likeness (QED) is 0.781. The van der Waals surface area contributed by atoms with Crippen LogP contribution in [-0.2, 0) is 19.5 Å². The maximum Gasteiger partial charge on any atom is 0.243 e. The Bertz CT molecular complexity index is 732. The largest absolute Gasteiger partial charge is 0.373 e. The summed E-state index contributed by atoms with van der Waals surface area (Å²) < 4.78 is 39.5. The number of fused-ring (bicyclic) bond motifs is 1. The third-order valence-corrected chi connectivity index (χ3v) is 7.81. The molecule has 0 aromatic heterocycles. The van der Waals surface area contributed by atoms with Gasteiger partial charge in [-0.1, -0.05) is 18.2 Å². The molecule has 1 aromatic rings. The molecule has 0 N–H and O–H groups in total. The molecule has 1 aromatic carbocycles. The highest BCUT2D eigenvalue weighted by Crippen LogP contribution is 2.35. The molecule has 3 aliphatic rings. The standard InChI is InChI=1S/C20H30N2O4S/c1-15-11-21(12-16(2)25-15)13-18-10-17-8-9-22(14-20(17)26-18)27(23,24)19-6-4-3-5-7-19/h3-7,15-18,20H,8-14H2,1-2H3/t15?,16?,17-,18?,20-/m0/s1. The van der Waals surface area contributed by atoms with E-state index in [1.165, 1.54) is 0 Å². The van der Waals surface area contributed by atoms with Crippen molar-refractivity contribution in [2.75, 3.05) is 32.7 Å². The van der Waals surface area contributed by atoms with E-state index in [9.17, 15) is 8.42 Å². The van der Waals surface area contributed by atoms with E-state index in [0.29, 0.717) is 23.9 Å². The summed E-state index contributed by atoms with van der Waals surface area (Å²) in [5.74, 6) is 0.466. The Kier molecular flexibility index (Phi) is 5.58. The first-order valence-electron chi connectivity index (χ1n) is 10.0. The van der Waals surface area contributed by atoms with Gasteiger partial charge in [0.15, 0.2) is 0 Å². The number of rotatable bonds is 4. The van der Waals surface area contributed by atoms with Crippen molar-refractivity contribution in [2.24, 2.45) is 5.92 Å². The number of sulfonamides is 1. The van der Waals surface area contributed by atoms with E-state index >= 15 is 0 Å². The third-order valence-electron chi connectivity index (χ3n) is 5.93. The van der Waals surface area contributed by atoms with Crippen molar-refractivity contribution in [1.29, 1.82) is 0 Å². The Hall–Kier alpha value is -0.990. The summed E-state index contributed by atoms with van der Waals surface area (Å²) in [6, 6.07) is 8.71. The topological polar surface area (TPSA) is 59.1 Å². The van der Waals surface area contributed by atoms with Crippen LogP contribution in [0.3, 0.4) is 0 Å². The van der Waals surface area contributed by atoms with Crippen molar-refractivity contribution in [3.05, 3.63) is 30.3 Å². The zero-order valence-electron chi connectivity index (χ0n) is 16.2. The zero-order chi connectivity index (χ0) is 19.0. The van der Waals surface area contributed by atoms with Gasteiger partial charge in [0.1, 0.15) is 0 Å². The van der Waals surface area contributed by atoms with Crippen molar-refractivity contribution in [2.45, 2.75) is 56.0 Å². The molecule has 0 amide bonds. The van der Waals surface area contributed by atoms with Crippen LogP contribution in [0, 0.1) is 5.92 Å². The van der Waals surface area contributed by atoms with Crippen molar-refractivity contribution < 1.29 is 17.9 Å². The molecule has 5 atom stereocenters. The maximum atomic E-state index is 12.9. The van der Waals surface area contributed by atoms with Crippen LogP contribution in [0.5, 0.6) is 0 Å². The lowest BCUT2D eigenvalue weighted by Crippen LogP contribution is -2.48. The van der Waals surface area contributed by atoms with Gasteiger partial charge < -0.3 is 9.47 Å². The van der Waals surface area contributed by atoms with Crippen molar-refractivity contribution in [1.82, 2.24) is 9.21 Å². The molecule has 3 aliphatic heterocycles. The molecule has 0 spiro atoms. The van der Waals surface area contributed by atoms with Crippen molar-refractivity contribution >= 4 is 10.0 Å². The van der Waals surface area contributed by atoms with Crippen LogP contribution in [0.25, 0.3) is 0 Å². The monoisotopic (exact) mass is 394 g/mol. The van der Waals surface area contributed by atoms with Crippen LogP contribution in [0.2, 0.25) is 0 Å². The molecule has 0 radical (unpaired) electrons. The molecule has 3 heterocycles. The second kappa shape index (κ2) is 7.79. The number of hydrogen-bond acceptors (Lipinski definition) is 5. The number of nitrogens with zero attached hydrogens (tertiary/aromatic N) is 2. The van der Waals surface area contributed by atoms with Gasteiger partial charge in [0.2, 0.25) is 10.0 Å². The summed E-state index contributed by atoms with van der Waals surface area (Å²) in [5.41, 5.74) is 0. The van der Waals surface area contributed by atoms with E-state index in [1.807, 2.05) is 6.07 Å². The maximum absolute atomic E-state index is 12.9. The van der Waals surface area contributed by atoms with E-state index in [2.05, 4.69) is 18.7 Å². The fraction of sp³-hybridized carbons (Fsp3) is 0.700. The Morgan fingerprint density at radius 1 is 1.04 bits per heavy atom. The highest BCUT2D eigenvalue weighted by molar-refractivity contribution is 7.89. The Morgan fingerprint density at radius 2 is 1.74 bits per heavy atom. The van der Waals surface area contributed by atoms with Gasteiger partial charge in [0.05, 0.1) is 29.3 Å². The molecule has 4 rings (SSSR count). The predicted octanol–water partition coefficient (Wildman–Crippen LogP) is 1.96. The molecule has 3 saturated heterocycles. The third kappa shape index (κ3) is 4.22. The van der Waals surface area contributed by atoms with E-state index in [4.69, 9.17) is 9.47 Å². The average molecular weight is 395 g/mol. The highest BCUT2D eigenvalue weighted by atomic mass is 32.2. The van der Waals surface area contributed by atoms with Crippen LogP contribution >= 0.6 is 0 Å².